The van der Waals surface area contributed by atoms with Crippen LogP contribution < -0.4 is 10.6 Å². The highest BCUT2D eigenvalue weighted by atomic mass is 32.2. The van der Waals surface area contributed by atoms with E-state index in [1.165, 1.54) is 4.31 Å². The molecule has 0 radical (unpaired) electrons. The van der Waals surface area contributed by atoms with Crippen molar-refractivity contribution in [2.45, 2.75) is 6.92 Å². The van der Waals surface area contributed by atoms with Crippen molar-refractivity contribution in [2.24, 2.45) is 5.92 Å². The Morgan fingerprint density at radius 1 is 1.42 bits per heavy atom. The number of nitrogens with one attached hydrogen (secondary N) is 2. The van der Waals surface area contributed by atoms with E-state index in [1.807, 2.05) is 0 Å². The summed E-state index contributed by atoms with van der Waals surface area (Å²) in [5.41, 5.74) is 0. The molecule has 1 aliphatic heterocycles. The van der Waals surface area contributed by atoms with Crippen molar-refractivity contribution in [3.63, 3.8) is 0 Å². The molecule has 1 atom stereocenters. The number of piperazine rings is 1. The smallest absolute Gasteiger partial charge is 0.223 e. The average Bonchev–Trinajstić information content (AvgIpc) is 2.39. The van der Waals surface area contributed by atoms with E-state index in [0.717, 1.165) is 0 Å². The molecule has 0 aromatic rings. The van der Waals surface area contributed by atoms with Crippen LogP contribution in [0.25, 0.3) is 0 Å². The quantitative estimate of drug-likeness (QED) is 0.565. The topological polar surface area (TPSA) is 87.7 Å². The minimum Gasteiger partial charge on any atom is -0.383 e. The van der Waals surface area contributed by atoms with Crippen LogP contribution in [0.15, 0.2) is 0 Å². The van der Waals surface area contributed by atoms with Crippen molar-refractivity contribution in [1.82, 2.24) is 14.9 Å². The summed E-state index contributed by atoms with van der Waals surface area (Å²) in [5.74, 6) is -0.960. The van der Waals surface area contributed by atoms with Crippen molar-refractivity contribution in [1.29, 1.82) is 0 Å². The minimum absolute atomic E-state index is 0.147. The Balaban J connectivity index is 2.45. The summed E-state index contributed by atoms with van der Waals surface area (Å²) in [5, 5.41) is 5.75. The lowest BCUT2D eigenvalue weighted by molar-refractivity contribution is -0.124. The molecule has 7 nitrogen and oxygen atoms in total. The number of carbonyl (C=O) groups is 1. The lowest BCUT2D eigenvalue weighted by Crippen LogP contribution is -2.48. The molecule has 0 aromatic carbocycles. The zero-order chi connectivity index (χ0) is 14.3. The Bertz CT molecular complexity index is 379. The molecular formula is C11H23N3O4S. The van der Waals surface area contributed by atoms with Gasteiger partial charge in [-0.25, -0.2) is 8.42 Å². The number of ether oxygens (including phenoxy) is 1. The first-order valence-corrected chi connectivity index (χ1v) is 8.03. The zero-order valence-corrected chi connectivity index (χ0v) is 12.3. The summed E-state index contributed by atoms with van der Waals surface area (Å²) in [6, 6.07) is 0. The van der Waals surface area contributed by atoms with Crippen LogP contribution in [-0.2, 0) is 19.6 Å². The molecule has 1 heterocycles. The van der Waals surface area contributed by atoms with Gasteiger partial charge in [0.05, 0.1) is 18.3 Å². The molecule has 2 N–H and O–H groups in total. The second-order valence-electron chi connectivity index (χ2n) is 4.61. The predicted molar refractivity (Wildman–Crippen MR) is 72.3 cm³/mol. The molecule has 8 heteroatoms. The van der Waals surface area contributed by atoms with Gasteiger partial charge in [0, 0.05) is 39.8 Å². The maximum Gasteiger partial charge on any atom is 0.223 e. The minimum atomic E-state index is -3.36. The molecule has 112 valence electrons. The van der Waals surface area contributed by atoms with E-state index < -0.39 is 15.9 Å². The number of sulfonamides is 1. The zero-order valence-electron chi connectivity index (χ0n) is 11.5. The molecule has 0 saturated carbocycles. The lowest BCUT2D eigenvalue weighted by atomic mass is 10.2. The van der Waals surface area contributed by atoms with E-state index in [1.54, 1.807) is 14.0 Å². The normalized spacial score (nSPS) is 19.1. The van der Waals surface area contributed by atoms with Crippen molar-refractivity contribution in [2.75, 3.05) is 52.2 Å². The molecular weight excluding hydrogens is 270 g/mol. The fraction of sp³-hybridized carbons (Fsp3) is 0.909. The number of hydrogen-bond acceptors (Lipinski definition) is 5. The van der Waals surface area contributed by atoms with Crippen molar-refractivity contribution >= 4 is 15.9 Å². The molecule has 0 aromatic heterocycles. The number of hydrogen-bond donors (Lipinski definition) is 2. The Labute approximate surface area is 114 Å². The van der Waals surface area contributed by atoms with Crippen LogP contribution in [-0.4, -0.2) is 70.8 Å². The van der Waals surface area contributed by atoms with Gasteiger partial charge in [0.15, 0.2) is 0 Å². The van der Waals surface area contributed by atoms with E-state index >= 15 is 0 Å². The standard InChI is InChI=1S/C11H23N3O4S/c1-10(11(15)13-5-8-18-2)9-19(16,17)14-6-3-12-4-7-14/h10,12H,3-9H2,1-2H3,(H,13,15). The van der Waals surface area contributed by atoms with Gasteiger partial charge in [-0.15, -0.1) is 0 Å². The number of nitrogens with zero attached hydrogens (tertiary/aromatic N) is 1. The van der Waals surface area contributed by atoms with Crippen molar-refractivity contribution in [3.8, 4) is 0 Å². The second kappa shape index (κ2) is 7.78. The van der Waals surface area contributed by atoms with Crippen LogP contribution in [0.4, 0.5) is 0 Å². The summed E-state index contributed by atoms with van der Waals surface area (Å²) in [6.45, 7) is 4.71. The summed E-state index contributed by atoms with van der Waals surface area (Å²) in [4.78, 5) is 11.7. The van der Waals surface area contributed by atoms with Crippen LogP contribution >= 0.6 is 0 Å². The number of methoxy groups -OCH3 is 1. The number of rotatable bonds is 7. The van der Waals surface area contributed by atoms with Gasteiger partial charge in [-0.2, -0.15) is 4.31 Å². The third-order valence-corrected chi connectivity index (χ3v) is 5.06. The maximum atomic E-state index is 12.1. The Morgan fingerprint density at radius 2 is 2.05 bits per heavy atom. The van der Waals surface area contributed by atoms with Gasteiger partial charge in [-0.3, -0.25) is 4.79 Å². The molecule has 1 saturated heterocycles. The van der Waals surface area contributed by atoms with Crippen LogP contribution in [0, 0.1) is 5.92 Å². The first kappa shape index (κ1) is 16.4. The van der Waals surface area contributed by atoms with Gasteiger partial charge in [0.2, 0.25) is 15.9 Å². The van der Waals surface area contributed by atoms with Crippen LogP contribution in [0.3, 0.4) is 0 Å². The Morgan fingerprint density at radius 3 is 2.63 bits per heavy atom. The first-order valence-electron chi connectivity index (χ1n) is 6.42. The largest absolute Gasteiger partial charge is 0.383 e. The van der Waals surface area contributed by atoms with E-state index in [0.29, 0.717) is 39.3 Å². The second-order valence-corrected chi connectivity index (χ2v) is 6.63. The lowest BCUT2D eigenvalue weighted by Gasteiger charge is -2.27. The third-order valence-electron chi connectivity index (χ3n) is 2.98. The van der Waals surface area contributed by atoms with Crippen LogP contribution in [0.1, 0.15) is 6.92 Å². The fourth-order valence-electron chi connectivity index (χ4n) is 1.87. The van der Waals surface area contributed by atoms with E-state index in [9.17, 15) is 13.2 Å². The highest BCUT2D eigenvalue weighted by Crippen LogP contribution is 2.08. The summed E-state index contributed by atoms with van der Waals surface area (Å²) >= 11 is 0. The monoisotopic (exact) mass is 293 g/mol. The predicted octanol–water partition coefficient (Wildman–Crippen LogP) is -1.38. The van der Waals surface area contributed by atoms with Gasteiger partial charge >= 0.3 is 0 Å². The number of carbonyl (C=O) groups excluding carboxylic acids is 1. The highest BCUT2D eigenvalue weighted by molar-refractivity contribution is 7.89. The summed E-state index contributed by atoms with van der Waals surface area (Å²) in [6.07, 6.45) is 0. The van der Waals surface area contributed by atoms with Gasteiger partial charge in [-0.1, -0.05) is 6.92 Å². The molecule has 0 spiro atoms. The average molecular weight is 293 g/mol. The van der Waals surface area contributed by atoms with Gasteiger partial charge in [0.25, 0.3) is 0 Å². The van der Waals surface area contributed by atoms with Gasteiger partial charge in [0.1, 0.15) is 0 Å². The highest BCUT2D eigenvalue weighted by Gasteiger charge is 2.28. The molecule has 0 bridgehead atoms. The molecule has 19 heavy (non-hydrogen) atoms. The first-order chi connectivity index (χ1) is 8.97. The Kier molecular flexibility index (Phi) is 6.70. The molecule has 1 aliphatic rings. The summed E-state index contributed by atoms with van der Waals surface area (Å²) < 4.78 is 30.5. The van der Waals surface area contributed by atoms with E-state index in [4.69, 9.17) is 4.74 Å². The maximum absolute atomic E-state index is 12.1. The van der Waals surface area contributed by atoms with E-state index in [-0.39, 0.29) is 11.7 Å². The third kappa shape index (κ3) is 5.43. The van der Waals surface area contributed by atoms with Crippen LogP contribution in [0.2, 0.25) is 0 Å². The number of amides is 1. The van der Waals surface area contributed by atoms with E-state index in [2.05, 4.69) is 10.6 Å². The molecule has 1 unspecified atom stereocenters. The molecule has 0 aliphatic carbocycles. The van der Waals surface area contributed by atoms with Gasteiger partial charge in [-0.05, 0) is 0 Å². The molecule has 1 fully saturated rings. The van der Waals surface area contributed by atoms with Crippen molar-refractivity contribution in [3.05, 3.63) is 0 Å². The Hall–Kier alpha value is -0.700. The molecule has 1 rings (SSSR count). The molecule has 1 amide bonds. The SMILES string of the molecule is COCCNC(=O)C(C)CS(=O)(=O)N1CCNCC1. The van der Waals surface area contributed by atoms with Gasteiger partial charge < -0.3 is 15.4 Å². The van der Waals surface area contributed by atoms with Crippen LogP contribution in [0.5, 0.6) is 0 Å². The summed E-state index contributed by atoms with van der Waals surface area (Å²) in [7, 11) is -1.81. The van der Waals surface area contributed by atoms with Crippen molar-refractivity contribution < 1.29 is 17.9 Å². The fourth-order valence-corrected chi connectivity index (χ4v) is 3.60.